The molecule has 0 spiro atoms. The molecule has 2 heterocycles. The molecule has 0 N–H and O–H groups in total. The second-order valence-electron chi connectivity index (χ2n) is 8.53. The van der Waals surface area contributed by atoms with Gasteiger partial charge < -0.3 is 4.90 Å². The van der Waals surface area contributed by atoms with E-state index in [1.54, 1.807) is 15.7 Å². The first-order valence-corrected chi connectivity index (χ1v) is 11.6. The molecular formula is C19H35N5O2S. The minimum Gasteiger partial charge on any atom is -0.304 e. The summed E-state index contributed by atoms with van der Waals surface area (Å²) in [4.78, 5) is 2.16. The molecule has 0 amide bonds. The van der Waals surface area contributed by atoms with Gasteiger partial charge in [0.1, 0.15) is 0 Å². The van der Waals surface area contributed by atoms with E-state index in [1.807, 2.05) is 11.7 Å². The number of rotatable bonds is 7. The monoisotopic (exact) mass is 397 g/mol. The largest absolute Gasteiger partial charge is 0.304 e. The lowest BCUT2D eigenvalue weighted by molar-refractivity contribution is 0.270. The molecule has 1 saturated carbocycles. The van der Waals surface area contributed by atoms with Crippen LogP contribution in [-0.2, 0) is 23.8 Å². The minimum atomic E-state index is -3.27. The molecule has 0 unspecified atom stereocenters. The van der Waals surface area contributed by atoms with E-state index in [1.165, 1.54) is 11.4 Å². The third-order valence-electron chi connectivity index (χ3n) is 6.04. The van der Waals surface area contributed by atoms with Gasteiger partial charge in [-0.1, -0.05) is 0 Å². The highest BCUT2D eigenvalue weighted by molar-refractivity contribution is 7.86. The Labute approximate surface area is 164 Å². The van der Waals surface area contributed by atoms with Crippen molar-refractivity contribution in [2.24, 2.45) is 13.0 Å². The van der Waals surface area contributed by atoms with E-state index < -0.39 is 10.2 Å². The predicted molar refractivity (Wildman–Crippen MR) is 108 cm³/mol. The zero-order chi connectivity index (χ0) is 19.6. The average molecular weight is 398 g/mol. The van der Waals surface area contributed by atoms with Gasteiger partial charge in [0.25, 0.3) is 10.2 Å². The Morgan fingerprint density at radius 1 is 1.11 bits per heavy atom. The molecule has 0 bridgehead atoms. The maximum Gasteiger partial charge on any atom is 0.281 e. The molecular weight excluding hydrogens is 362 g/mol. The molecule has 2 fully saturated rings. The Morgan fingerprint density at radius 3 is 2.33 bits per heavy atom. The molecule has 0 radical (unpaired) electrons. The van der Waals surface area contributed by atoms with Crippen molar-refractivity contribution in [1.82, 2.24) is 23.3 Å². The van der Waals surface area contributed by atoms with Crippen molar-refractivity contribution in [3.8, 4) is 0 Å². The molecule has 1 aromatic rings. The lowest BCUT2D eigenvalue weighted by atomic mass is 9.80. The van der Waals surface area contributed by atoms with E-state index in [2.05, 4.69) is 25.1 Å². The second kappa shape index (κ2) is 8.59. The van der Waals surface area contributed by atoms with E-state index in [4.69, 9.17) is 5.10 Å². The highest BCUT2D eigenvalue weighted by Gasteiger charge is 2.32. The Hall–Kier alpha value is -0.960. The molecule has 0 aromatic carbocycles. The van der Waals surface area contributed by atoms with Crippen molar-refractivity contribution in [2.75, 3.05) is 40.8 Å². The summed E-state index contributed by atoms with van der Waals surface area (Å²) in [5.41, 5.74) is 2.44. The summed E-state index contributed by atoms with van der Waals surface area (Å²) in [6.07, 6.45) is 6.31. The van der Waals surface area contributed by atoms with Crippen LogP contribution in [0.4, 0.5) is 0 Å². The van der Waals surface area contributed by atoms with Crippen LogP contribution in [0.2, 0.25) is 0 Å². The predicted octanol–water partition coefficient (Wildman–Crippen LogP) is 2.03. The van der Waals surface area contributed by atoms with Crippen molar-refractivity contribution >= 4 is 10.2 Å². The van der Waals surface area contributed by atoms with E-state index >= 15 is 0 Å². The normalized spacial score (nSPS) is 25.0. The second-order valence-corrected chi connectivity index (χ2v) is 10.6. The van der Waals surface area contributed by atoms with Gasteiger partial charge >= 0.3 is 0 Å². The third-order valence-corrected chi connectivity index (χ3v) is 7.99. The molecule has 1 saturated heterocycles. The smallest absolute Gasteiger partial charge is 0.281 e. The Bertz CT molecular complexity index is 716. The zero-order valence-electron chi connectivity index (χ0n) is 17.3. The third kappa shape index (κ3) is 4.91. The highest BCUT2D eigenvalue weighted by atomic mass is 32.2. The van der Waals surface area contributed by atoms with Gasteiger partial charge in [-0.25, -0.2) is 0 Å². The van der Waals surface area contributed by atoms with Crippen LogP contribution >= 0.6 is 0 Å². The Kier molecular flexibility index (Phi) is 6.61. The summed E-state index contributed by atoms with van der Waals surface area (Å²) in [6.45, 7) is 2.89. The van der Waals surface area contributed by atoms with Crippen LogP contribution in [0.1, 0.15) is 55.8 Å². The van der Waals surface area contributed by atoms with Gasteiger partial charge in [0.15, 0.2) is 0 Å². The van der Waals surface area contributed by atoms with E-state index in [-0.39, 0.29) is 0 Å². The van der Waals surface area contributed by atoms with Gasteiger partial charge in [-0.15, -0.1) is 0 Å². The summed E-state index contributed by atoms with van der Waals surface area (Å²) in [7, 11) is 4.64. The fourth-order valence-corrected chi connectivity index (χ4v) is 5.93. The van der Waals surface area contributed by atoms with Gasteiger partial charge in [-0.3, -0.25) is 4.68 Å². The summed E-state index contributed by atoms with van der Waals surface area (Å²) in [6, 6.07) is 2.24. The molecule has 154 valence electrons. The summed E-state index contributed by atoms with van der Waals surface area (Å²) < 4.78 is 30.5. The quantitative estimate of drug-likeness (QED) is 0.706. The first kappa shape index (κ1) is 20.8. The maximum atomic E-state index is 12.7. The molecule has 27 heavy (non-hydrogen) atoms. The molecule has 8 heteroatoms. The van der Waals surface area contributed by atoms with E-state index in [9.17, 15) is 8.42 Å². The minimum absolute atomic E-state index is 0.452. The van der Waals surface area contributed by atoms with Gasteiger partial charge in [-0.05, 0) is 64.6 Å². The van der Waals surface area contributed by atoms with Crippen LogP contribution in [0.5, 0.6) is 0 Å². The van der Waals surface area contributed by atoms with Crippen molar-refractivity contribution in [2.45, 2.75) is 51.0 Å². The topological polar surface area (TPSA) is 61.7 Å². The van der Waals surface area contributed by atoms with Crippen LogP contribution in [-0.4, -0.2) is 72.5 Å². The van der Waals surface area contributed by atoms with Gasteiger partial charge in [0, 0.05) is 46.2 Å². The number of hydrogen-bond acceptors (Lipinski definition) is 4. The Balaban J connectivity index is 1.53. The first-order valence-electron chi connectivity index (χ1n) is 10.2. The summed E-state index contributed by atoms with van der Waals surface area (Å²) in [5, 5.41) is 4.74. The SMILES string of the molecule is CN(C)Cc1cc(C2CCC(CN(C)S(=O)(=O)N3CCCC3)CC2)nn1C. The summed E-state index contributed by atoms with van der Waals surface area (Å²) in [5.74, 6) is 0.956. The maximum absolute atomic E-state index is 12.7. The molecule has 3 rings (SSSR count). The fourth-order valence-electron chi connectivity index (χ4n) is 4.42. The molecule has 0 atom stereocenters. The highest BCUT2D eigenvalue weighted by Crippen LogP contribution is 2.36. The first-order chi connectivity index (χ1) is 12.8. The van der Waals surface area contributed by atoms with Gasteiger partial charge in [0.2, 0.25) is 0 Å². The van der Waals surface area contributed by atoms with Crippen LogP contribution in [0.15, 0.2) is 6.07 Å². The molecule has 2 aliphatic rings. The number of hydrogen-bond donors (Lipinski definition) is 0. The van der Waals surface area contributed by atoms with Crippen molar-refractivity contribution in [3.63, 3.8) is 0 Å². The lowest BCUT2D eigenvalue weighted by Gasteiger charge is -2.31. The Morgan fingerprint density at radius 2 is 1.74 bits per heavy atom. The van der Waals surface area contributed by atoms with Crippen molar-refractivity contribution in [3.05, 3.63) is 17.5 Å². The number of aryl methyl sites for hydroxylation is 1. The van der Waals surface area contributed by atoms with Crippen LogP contribution in [0.3, 0.4) is 0 Å². The zero-order valence-corrected chi connectivity index (χ0v) is 18.1. The van der Waals surface area contributed by atoms with Gasteiger partial charge in [-0.2, -0.15) is 22.1 Å². The fraction of sp³-hybridized carbons (Fsp3) is 0.842. The standard InChI is InChI=1S/C19H35N5O2S/c1-21(2)15-18-13-19(20-23(18)4)17-9-7-16(8-10-17)14-22(3)27(25,26)24-11-5-6-12-24/h13,16-17H,5-12,14-15H2,1-4H3. The van der Waals surface area contributed by atoms with Crippen LogP contribution < -0.4 is 0 Å². The van der Waals surface area contributed by atoms with Crippen LogP contribution in [0, 0.1) is 5.92 Å². The number of nitrogens with zero attached hydrogens (tertiary/aromatic N) is 5. The molecule has 1 aliphatic heterocycles. The molecule has 1 aliphatic carbocycles. The van der Waals surface area contributed by atoms with Crippen molar-refractivity contribution in [1.29, 1.82) is 0 Å². The number of aromatic nitrogens is 2. The van der Waals surface area contributed by atoms with Crippen LogP contribution in [0.25, 0.3) is 0 Å². The van der Waals surface area contributed by atoms with E-state index in [0.29, 0.717) is 31.5 Å². The van der Waals surface area contributed by atoms with E-state index in [0.717, 1.165) is 45.1 Å². The molecule has 1 aromatic heterocycles. The lowest BCUT2D eigenvalue weighted by Crippen LogP contribution is -2.42. The summed E-state index contributed by atoms with van der Waals surface area (Å²) >= 11 is 0. The van der Waals surface area contributed by atoms with Gasteiger partial charge in [0.05, 0.1) is 11.4 Å². The average Bonchev–Trinajstić information content (AvgIpc) is 3.26. The molecule has 7 nitrogen and oxygen atoms in total. The van der Waals surface area contributed by atoms with Crippen molar-refractivity contribution < 1.29 is 8.42 Å².